The molecule has 2 aliphatic rings. The number of piperidine rings is 1. The van der Waals surface area contributed by atoms with E-state index in [-0.39, 0.29) is 29.8 Å². The summed E-state index contributed by atoms with van der Waals surface area (Å²) in [6.45, 7) is 7.45. The largest absolute Gasteiger partial charge is 0.337 e. The molecule has 1 fully saturated rings. The molecule has 0 spiro atoms. The van der Waals surface area contributed by atoms with E-state index >= 15 is 0 Å². The van der Waals surface area contributed by atoms with Crippen molar-refractivity contribution >= 4 is 23.4 Å². The Morgan fingerprint density at radius 2 is 1.79 bits per heavy atom. The maximum Gasteiger partial charge on any atom is 0.273 e. The van der Waals surface area contributed by atoms with Crippen LogP contribution >= 0.6 is 11.6 Å². The van der Waals surface area contributed by atoms with Gasteiger partial charge in [0.25, 0.3) is 11.8 Å². The number of nitrogens with zero attached hydrogens (tertiary/aromatic N) is 4. The van der Waals surface area contributed by atoms with Gasteiger partial charge in [-0.05, 0) is 49.9 Å². The highest BCUT2D eigenvalue weighted by Crippen LogP contribution is 2.43. The molecule has 3 heterocycles. The van der Waals surface area contributed by atoms with Gasteiger partial charge in [0, 0.05) is 18.7 Å². The van der Waals surface area contributed by atoms with Crippen molar-refractivity contribution in [2.45, 2.75) is 45.7 Å². The Hall–Kier alpha value is -3.12. The minimum absolute atomic E-state index is 0.00445. The van der Waals surface area contributed by atoms with Crippen molar-refractivity contribution < 1.29 is 9.59 Å². The van der Waals surface area contributed by atoms with Crippen LogP contribution in [0.2, 0.25) is 5.02 Å². The molecule has 2 unspecified atom stereocenters. The Kier molecular flexibility index (Phi) is 5.94. The fraction of sp³-hybridized carbons (Fsp3) is 0.370. The maximum absolute atomic E-state index is 14.0. The zero-order chi connectivity index (χ0) is 24.0. The van der Waals surface area contributed by atoms with E-state index in [1.165, 1.54) is 0 Å². The molecule has 2 amide bonds. The van der Waals surface area contributed by atoms with Crippen LogP contribution < -0.4 is 0 Å². The molecular formula is C27H29ClN4O2. The molecule has 0 aliphatic carbocycles. The van der Waals surface area contributed by atoms with Crippen LogP contribution in [0.1, 0.15) is 64.8 Å². The van der Waals surface area contributed by atoms with Gasteiger partial charge in [0.2, 0.25) is 0 Å². The number of aryl methyl sites for hydroxylation is 1. The fourth-order valence-electron chi connectivity index (χ4n) is 5.46. The number of halogens is 1. The number of hydrogen-bond acceptors (Lipinski definition) is 3. The molecule has 7 heteroatoms. The van der Waals surface area contributed by atoms with E-state index in [0.29, 0.717) is 29.4 Å². The van der Waals surface area contributed by atoms with Crippen molar-refractivity contribution in [2.75, 3.05) is 13.1 Å². The van der Waals surface area contributed by atoms with Crippen LogP contribution in [0.4, 0.5) is 0 Å². The summed E-state index contributed by atoms with van der Waals surface area (Å²) in [5.41, 5.74) is 3.93. The summed E-state index contributed by atoms with van der Waals surface area (Å²) in [6.07, 6.45) is 1.71. The average Bonchev–Trinajstić information content (AvgIpc) is 3.35. The van der Waals surface area contributed by atoms with Gasteiger partial charge in [0.15, 0.2) is 0 Å². The van der Waals surface area contributed by atoms with Crippen molar-refractivity contribution in [1.82, 2.24) is 19.6 Å². The molecule has 1 aromatic heterocycles. The number of likely N-dealkylation sites (tertiary alicyclic amines) is 1. The standard InChI is InChI=1S/C27H29ClN4O2/c1-17(2)24-23-18(3)29-32(19-10-5-4-6-11-19)25(23)27(34)31(24)20-12-9-15-30(16-20)26(33)21-13-7-8-14-22(21)28/h4-8,10-11,13-14,17,20,24H,9,12,15-16H2,1-3H3. The summed E-state index contributed by atoms with van der Waals surface area (Å²) in [7, 11) is 0. The monoisotopic (exact) mass is 476 g/mol. The van der Waals surface area contributed by atoms with E-state index in [9.17, 15) is 9.59 Å². The Morgan fingerprint density at radius 3 is 2.50 bits per heavy atom. The number of aromatic nitrogens is 2. The van der Waals surface area contributed by atoms with Gasteiger partial charge in [-0.15, -0.1) is 0 Å². The zero-order valence-corrected chi connectivity index (χ0v) is 20.5. The summed E-state index contributed by atoms with van der Waals surface area (Å²) in [5, 5.41) is 5.20. The average molecular weight is 477 g/mol. The SMILES string of the molecule is Cc1nn(-c2ccccc2)c2c1C(C(C)C)N(C1CCCN(C(=O)c3ccccc3Cl)C1)C2=O. The smallest absolute Gasteiger partial charge is 0.273 e. The van der Waals surface area contributed by atoms with Crippen LogP contribution in [0, 0.1) is 12.8 Å². The predicted octanol–water partition coefficient (Wildman–Crippen LogP) is 5.29. The lowest BCUT2D eigenvalue weighted by Gasteiger charge is -2.41. The van der Waals surface area contributed by atoms with Crippen molar-refractivity contribution in [3.05, 3.63) is 82.1 Å². The molecule has 0 saturated carbocycles. The lowest BCUT2D eigenvalue weighted by Crippen LogP contribution is -2.51. The quantitative estimate of drug-likeness (QED) is 0.514. The molecule has 6 nitrogen and oxygen atoms in total. The molecule has 1 saturated heterocycles. The third kappa shape index (κ3) is 3.70. The number of carbonyl (C=O) groups excluding carboxylic acids is 2. The lowest BCUT2D eigenvalue weighted by molar-refractivity contribution is 0.0344. The number of carbonyl (C=O) groups is 2. The third-order valence-electron chi connectivity index (χ3n) is 6.95. The first-order valence-electron chi connectivity index (χ1n) is 11.9. The second kappa shape index (κ2) is 8.91. The number of fused-ring (bicyclic) bond motifs is 1. The highest BCUT2D eigenvalue weighted by atomic mass is 35.5. The van der Waals surface area contributed by atoms with Gasteiger partial charge in [-0.3, -0.25) is 9.59 Å². The second-order valence-electron chi connectivity index (χ2n) is 9.52. The summed E-state index contributed by atoms with van der Waals surface area (Å²) in [6, 6.07) is 16.8. The van der Waals surface area contributed by atoms with Gasteiger partial charge >= 0.3 is 0 Å². The van der Waals surface area contributed by atoms with Crippen LogP contribution in [-0.2, 0) is 0 Å². The normalized spacial score (nSPS) is 20.2. The number of amides is 2. The van der Waals surface area contributed by atoms with Crippen molar-refractivity contribution in [3.8, 4) is 5.69 Å². The first-order valence-corrected chi connectivity index (χ1v) is 12.3. The molecule has 0 bridgehead atoms. The molecule has 0 N–H and O–H groups in total. The molecule has 2 aromatic carbocycles. The van der Waals surface area contributed by atoms with E-state index < -0.39 is 0 Å². The van der Waals surface area contributed by atoms with E-state index in [2.05, 4.69) is 13.8 Å². The Morgan fingerprint density at radius 1 is 1.09 bits per heavy atom. The summed E-state index contributed by atoms with van der Waals surface area (Å²) < 4.78 is 1.79. The zero-order valence-electron chi connectivity index (χ0n) is 19.7. The van der Waals surface area contributed by atoms with Crippen LogP contribution in [0.5, 0.6) is 0 Å². The maximum atomic E-state index is 14.0. The number of benzene rings is 2. The Balaban J connectivity index is 1.49. The summed E-state index contributed by atoms with van der Waals surface area (Å²) in [5.74, 6) is 0.134. The molecule has 5 rings (SSSR count). The summed E-state index contributed by atoms with van der Waals surface area (Å²) >= 11 is 6.31. The van der Waals surface area contributed by atoms with Gasteiger partial charge in [0.1, 0.15) is 5.69 Å². The minimum Gasteiger partial charge on any atom is -0.337 e. The second-order valence-corrected chi connectivity index (χ2v) is 9.93. The number of hydrogen-bond donors (Lipinski definition) is 0. The molecular weight excluding hydrogens is 448 g/mol. The van der Waals surface area contributed by atoms with Crippen molar-refractivity contribution in [2.24, 2.45) is 5.92 Å². The molecule has 34 heavy (non-hydrogen) atoms. The fourth-order valence-corrected chi connectivity index (χ4v) is 5.68. The minimum atomic E-state index is -0.0767. The predicted molar refractivity (Wildman–Crippen MR) is 132 cm³/mol. The van der Waals surface area contributed by atoms with E-state index in [1.807, 2.05) is 59.2 Å². The Labute approximate surface area is 205 Å². The van der Waals surface area contributed by atoms with E-state index in [4.69, 9.17) is 16.7 Å². The molecule has 2 aliphatic heterocycles. The van der Waals surface area contributed by atoms with Crippen LogP contribution in [0.25, 0.3) is 5.69 Å². The highest BCUT2D eigenvalue weighted by molar-refractivity contribution is 6.33. The lowest BCUT2D eigenvalue weighted by atomic mass is 9.94. The molecule has 3 aromatic rings. The topological polar surface area (TPSA) is 58.4 Å². The van der Waals surface area contributed by atoms with Gasteiger partial charge in [-0.2, -0.15) is 5.10 Å². The van der Waals surface area contributed by atoms with Gasteiger partial charge in [0.05, 0.1) is 34.1 Å². The van der Waals surface area contributed by atoms with Gasteiger partial charge in [-0.1, -0.05) is 55.8 Å². The number of rotatable bonds is 4. The van der Waals surface area contributed by atoms with Crippen LogP contribution in [-0.4, -0.2) is 50.5 Å². The van der Waals surface area contributed by atoms with E-state index in [0.717, 1.165) is 29.8 Å². The molecule has 2 atom stereocenters. The third-order valence-corrected chi connectivity index (χ3v) is 7.28. The number of para-hydroxylation sites is 1. The van der Waals surface area contributed by atoms with Crippen molar-refractivity contribution in [1.29, 1.82) is 0 Å². The first kappa shape index (κ1) is 22.7. The van der Waals surface area contributed by atoms with Crippen molar-refractivity contribution in [3.63, 3.8) is 0 Å². The van der Waals surface area contributed by atoms with Gasteiger partial charge < -0.3 is 9.80 Å². The highest BCUT2D eigenvalue weighted by Gasteiger charge is 2.47. The molecule has 176 valence electrons. The molecule has 0 radical (unpaired) electrons. The summed E-state index contributed by atoms with van der Waals surface area (Å²) in [4.78, 5) is 31.1. The van der Waals surface area contributed by atoms with E-state index in [1.54, 1.807) is 16.8 Å². The first-order chi connectivity index (χ1) is 16.4. The van der Waals surface area contributed by atoms with Crippen LogP contribution in [0.15, 0.2) is 54.6 Å². The van der Waals surface area contributed by atoms with Crippen LogP contribution in [0.3, 0.4) is 0 Å². The van der Waals surface area contributed by atoms with Gasteiger partial charge in [-0.25, -0.2) is 4.68 Å². The Bertz CT molecular complexity index is 1240.